The van der Waals surface area contributed by atoms with Gasteiger partial charge in [-0.25, -0.2) is 0 Å². The molecule has 1 amide bonds. The number of rotatable bonds is 3. The van der Waals surface area contributed by atoms with Crippen LogP contribution in [0.25, 0.3) is 0 Å². The van der Waals surface area contributed by atoms with E-state index in [4.69, 9.17) is 0 Å². The van der Waals surface area contributed by atoms with Gasteiger partial charge in [0.25, 0.3) is 0 Å². The van der Waals surface area contributed by atoms with Crippen molar-refractivity contribution in [3.63, 3.8) is 0 Å². The third-order valence-electron chi connectivity index (χ3n) is 4.99. The summed E-state index contributed by atoms with van der Waals surface area (Å²) in [5.41, 5.74) is 0. The Bertz CT molecular complexity index is 280. The van der Waals surface area contributed by atoms with Crippen LogP contribution in [0.15, 0.2) is 0 Å². The highest BCUT2D eigenvalue weighted by Gasteiger charge is 2.29. The van der Waals surface area contributed by atoms with Crippen molar-refractivity contribution in [2.45, 2.75) is 77.3 Å². The van der Waals surface area contributed by atoms with Crippen LogP contribution in [-0.2, 0) is 4.79 Å². The van der Waals surface area contributed by atoms with Crippen LogP contribution in [0.1, 0.15) is 65.2 Å². The van der Waals surface area contributed by atoms with Crippen LogP contribution in [0.3, 0.4) is 0 Å². The lowest BCUT2D eigenvalue weighted by Gasteiger charge is -2.36. The highest BCUT2D eigenvalue weighted by Crippen LogP contribution is 2.25. The van der Waals surface area contributed by atoms with Gasteiger partial charge in [-0.05, 0) is 44.6 Å². The molecule has 4 heteroatoms. The van der Waals surface area contributed by atoms with Gasteiger partial charge in [0.15, 0.2) is 0 Å². The molecule has 1 heterocycles. The minimum atomic E-state index is 0. The predicted molar refractivity (Wildman–Crippen MR) is 86.2 cm³/mol. The second kappa shape index (κ2) is 8.89. The van der Waals surface area contributed by atoms with Gasteiger partial charge in [-0.15, -0.1) is 12.4 Å². The van der Waals surface area contributed by atoms with Crippen molar-refractivity contribution in [3.05, 3.63) is 0 Å². The van der Waals surface area contributed by atoms with Crippen LogP contribution in [-0.4, -0.2) is 24.5 Å². The first kappa shape index (κ1) is 17.8. The lowest BCUT2D eigenvalue weighted by Crippen LogP contribution is -2.56. The molecule has 0 aromatic heterocycles. The third kappa shape index (κ3) is 5.25. The maximum Gasteiger partial charge on any atom is 0.220 e. The molecule has 0 aromatic carbocycles. The van der Waals surface area contributed by atoms with E-state index in [0.29, 0.717) is 23.9 Å². The molecule has 0 bridgehead atoms. The lowest BCUT2D eigenvalue weighted by molar-refractivity contribution is -0.123. The van der Waals surface area contributed by atoms with Crippen molar-refractivity contribution >= 4 is 18.3 Å². The van der Waals surface area contributed by atoms with E-state index >= 15 is 0 Å². The van der Waals surface area contributed by atoms with Crippen molar-refractivity contribution in [2.24, 2.45) is 11.8 Å². The fourth-order valence-electron chi connectivity index (χ4n) is 3.68. The van der Waals surface area contributed by atoms with E-state index in [1.807, 2.05) is 0 Å². The zero-order valence-electron chi connectivity index (χ0n) is 13.0. The van der Waals surface area contributed by atoms with E-state index in [9.17, 15) is 4.79 Å². The molecule has 1 aliphatic heterocycles. The number of carbonyl (C=O) groups is 1. The van der Waals surface area contributed by atoms with Crippen LogP contribution in [0, 0.1) is 11.8 Å². The molecule has 2 N–H and O–H groups in total. The van der Waals surface area contributed by atoms with Crippen LogP contribution >= 0.6 is 12.4 Å². The Morgan fingerprint density at radius 1 is 1.10 bits per heavy atom. The molecule has 0 spiro atoms. The molecule has 3 unspecified atom stereocenters. The molecule has 2 rings (SSSR count). The monoisotopic (exact) mass is 302 g/mol. The Kier molecular flexibility index (Phi) is 7.90. The van der Waals surface area contributed by atoms with Gasteiger partial charge in [-0.2, -0.15) is 0 Å². The molecule has 0 aromatic rings. The summed E-state index contributed by atoms with van der Waals surface area (Å²) in [6.45, 7) is 5.53. The SMILES string of the molecule is CC1CCNC(C)C1NC(=O)CC1CCCCCC1.Cl. The summed E-state index contributed by atoms with van der Waals surface area (Å²) in [4.78, 5) is 12.2. The Balaban J connectivity index is 0.00000200. The van der Waals surface area contributed by atoms with E-state index in [-0.39, 0.29) is 18.3 Å². The van der Waals surface area contributed by atoms with Gasteiger partial charge >= 0.3 is 0 Å². The fourth-order valence-corrected chi connectivity index (χ4v) is 3.68. The second-order valence-corrected chi connectivity index (χ2v) is 6.66. The van der Waals surface area contributed by atoms with Crippen LogP contribution in [0.5, 0.6) is 0 Å². The summed E-state index contributed by atoms with van der Waals surface area (Å²) >= 11 is 0. The normalized spacial score (nSPS) is 32.0. The van der Waals surface area contributed by atoms with Gasteiger partial charge in [-0.1, -0.05) is 32.6 Å². The van der Waals surface area contributed by atoms with Crippen molar-refractivity contribution < 1.29 is 4.79 Å². The van der Waals surface area contributed by atoms with Gasteiger partial charge in [0, 0.05) is 18.5 Å². The summed E-state index contributed by atoms with van der Waals surface area (Å²) in [5.74, 6) is 1.50. The van der Waals surface area contributed by atoms with E-state index in [0.717, 1.165) is 13.0 Å². The molecule has 20 heavy (non-hydrogen) atoms. The highest BCUT2D eigenvalue weighted by molar-refractivity contribution is 5.85. The molecule has 1 saturated carbocycles. The molecular weight excluding hydrogens is 272 g/mol. The van der Waals surface area contributed by atoms with Crippen molar-refractivity contribution in [1.29, 1.82) is 0 Å². The Hall–Kier alpha value is -0.280. The first-order valence-electron chi connectivity index (χ1n) is 8.19. The van der Waals surface area contributed by atoms with Crippen molar-refractivity contribution in [3.8, 4) is 0 Å². The number of halogens is 1. The molecule has 0 radical (unpaired) electrons. The highest BCUT2D eigenvalue weighted by atomic mass is 35.5. The minimum absolute atomic E-state index is 0. The zero-order valence-corrected chi connectivity index (χ0v) is 13.8. The number of nitrogens with one attached hydrogen (secondary N) is 2. The smallest absolute Gasteiger partial charge is 0.220 e. The van der Waals surface area contributed by atoms with Gasteiger partial charge in [0.2, 0.25) is 5.91 Å². The number of amides is 1. The number of piperidine rings is 1. The molecule has 1 aliphatic carbocycles. The molecule has 1 saturated heterocycles. The summed E-state index contributed by atoms with van der Waals surface area (Å²) in [6, 6.07) is 0.717. The Morgan fingerprint density at radius 2 is 1.75 bits per heavy atom. The largest absolute Gasteiger partial charge is 0.352 e. The standard InChI is InChI=1S/C16H30N2O.ClH/c1-12-9-10-17-13(2)16(12)18-15(19)11-14-7-5-3-4-6-8-14;/h12-14,16-17H,3-11H2,1-2H3,(H,18,19);1H. The van der Waals surface area contributed by atoms with Gasteiger partial charge in [0.1, 0.15) is 0 Å². The van der Waals surface area contributed by atoms with Gasteiger partial charge in [-0.3, -0.25) is 4.79 Å². The molecule has 2 aliphatic rings. The minimum Gasteiger partial charge on any atom is -0.352 e. The number of carbonyl (C=O) groups excluding carboxylic acids is 1. The van der Waals surface area contributed by atoms with E-state index in [2.05, 4.69) is 24.5 Å². The predicted octanol–water partition coefficient (Wildman–Crippen LogP) is 3.27. The van der Waals surface area contributed by atoms with Gasteiger partial charge in [0.05, 0.1) is 0 Å². The fraction of sp³-hybridized carbons (Fsp3) is 0.938. The number of hydrogen-bond acceptors (Lipinski definition) is 2. The van der Waals surface area contributed by atoms with Crippen LogP contribution < -0.4 is 10.6 Å². The second-order valence-electron chi connectivity index (χ2n) is 6.66. The molecule has 2 fully saturated rings. The summed E-state index contributed by atoms with van der Waals surface area (Å²) < 4.78 is 0. The average molecular weight is 303 g/mol. The molecule has 3 atom stereocenters. The van der Waals surface area contributed by atoms with Crippen molar-refractivity contribution in [2.75, 3.05) is 6.54 Å². The van der Waals surface area contributed by atoms with E-state index < -0.39 is 0 Å². The quantitative estimate of drug-likeness (QED) is 0.786. The molecular formula is C16H31ClN2O. The van der Waals surface area contributed by atoms with Crippen molar-refractivity contribution in [1.82, 2.24) is 10.6 Å². The topological polar surface area (TPSA) is 41.1 Å². The number of hydrogen-bond donors (Lipinski definition) is 2. The summed E-state index contributed by atoms with van der Waals surface area (Å²) in [7, 11) is 0. The maximum atomic E-state index is 12.2. The molecule has 3 nitrogen and oxygen atoms in total. The van der Waals surface area contributed by atoms with E-state index in [1.165, 1.54) is 44.9 Å². The van der Waals surface area contributed by atoms with Gasteiger partial charge < -0.3 is 10.6 Å². The van der Waals surface area contributed by atoms with Crippen LogP contribution in [0.2, 0.25) is 0 Å². The summed E-state index contributed by atoms with van der Waals surface area (Å²) in [6.07, 6.45) is 9.76. The van der Waals surface area contributed by atoms with E-state index in [1.54, 1.807) is 0 Å². The maximum absolute atomic E-state index is 12.2. The first-order valence-corrected chi connectivity index (χ1v) is 8.19. The zero-order chi connectivity index (χ0) is 13.7. The lowest BCUT2D eigenvalue weighted by atomic mass is 9.88. The third-order valence-corrected chi connectivity index (χ3v) is 4.99. The Labute approximate surface area is 130 Å². The first-order chi connectivity index (χ1) is 9.16. The average Bonchev–Trinajstić information content (AvgIpc) is 2.63. The summed E-state index contributed by atoms with van der Waals surface area (Å²) in [5, 5.41) is 6.75. The molecule has 118 valence electrons. The Morgan fingerprint density at radius 3 is 2.35 bits per heavy atom. The van der Waals surface area contributed by atoms with Crippen LogP contribution in [0.4, 0.5) is 0 Å².